The zero-order valence-electron chi connectivity index (χ0n) is 12.1. The molecule has 0 aromatic carbocycles. The fourth-order valence-corrected chi connectivity index (χ4v) is 4.23. The topological polar surface area (TPSA) is 18.5 Å². The summed E-state index contributed by atoms with van der Waals surface area (Å²) in [5.74, 6) is 1.87. The molecular weight excluding hydrogens is 222 g/mol. The molecule has 3 heteroatoms. The molecule has 1 aliphatic carbocycles. The molecule has 0 bridgehead atoms. The number of hydrogen-bond donors (Lipinski definition) is 1. The molecule has 3 fully saturated rings. The molecule has 3 aliphatic rings. The summed E-state index contributed by atoms with van der Waals surface area (Å²) in [5, 5.41) is 3.45. The highest BCUT2D eigenvalue weighted by Crippen LogP contribution is 2.34. The Morgan fingerprint density at radius 3 is 2.33 bits per heavy atom. The summed E-state index contributed by atoms with van der Waals surface area (Å²) in [6, 6.07) is 1.75. The number of nitrogens with one attached hydrogen (secondary N) is 1. The van der Waals surface area contributed by atoms with Crippen molar-refractivity contribution in [3.05, 3.63) is 0 Å². The van der Waals surface area contributed by atoms with E-state index < -0.39 is 0 Å². The number of nitrogens with zero attached hydrogens (tertiary/aromatic N) is 2. The lowest BCUT2D eigenvalue weighted by atomic mass is 9.78. The minimum atomic E-state index is 0.860. The first-order chi connectivity index (χ1) is 8.74. The Hall–Kier alpha value is -0.120. The van der Waals surface area contributed by atoms with Crippen molar-refractivity contribution >= 4 is 0 Å². The van der Waals surface area contributed by atoms with E-state index in [0.29, 0.717) is 0 Å². The van der Waals surface area contributed by atoms with Gasteiger partial charge in [0, 0.05) is 51.4 Å². The third-order valence-corrected chi connectivity index (χ3v) is 5.41. The first-order valence-corrected chi connectivity index (χ1v) is 7.93. The van der Waals surface area contributed by atoms with Crippen molar-refractivity contribution in [1.82, 2.24) is 15.1 Å². The molecule has 3 unspecified atom stereocenters. The smallest absolute Gasteiger partial charge is 0.0351 e. The molecular formula is C15H29N3. The monoisotopic (exact) mass is 251 g/mol. The van der Waals surface area contributed by atoms with E-state index in [2.05, 4.69) is 29.0 Å². The molecule has 0 aromatic rings. The Kier molecular flexibility index (Phi) is 3.92. The Morgan fingerprint density at radius 1 is 0.944 bits per heavy atom. The molecule has 0 amide bonds. The third kappa shape index (κ3) is 2.59. The Balaban J connectivity index is 1.46. The van der Waals surface area contributed by atoms with Gasteiger partial charge in [0.2, 0.25) is 0 Å². The molecule has 1 N–H and O–H groups in total. The predicted molar refractivity (Wildman–Crippen MR) is 75.8 cm³/mol. The van der Waals surface area contributed by atoms with Gasteiger partial charge in [-0.1, -0.05) is 13.8 Å². The lowest BCUT2D eigenvalue weighted by Gasteiger charge is -2.52. The van der Waals surface area contributed by atoms with Gasteiger partial charge < -0.3 is 5.32 Å². The first kappa shape index (κ1) is 12.9. The van der Waals surface area contributed by atoms with E-state index >= 15 is 0 Å². The van der Waals surface area contributed by atoms with Crippen LogP contribution in [-0.4, -0.2) is 61.2 Å². The largest absolute Gasteiger partial charge is 0.314 e. The average Bonchev–Trinajstić information content (AvgIpc) is 2.31. The van der Waals surface area contributed by atoms with Crippen molar-refractivity contribution < 1.29 is 0 Å². The molecule has 1 saturated carbocycles. The van der Waals surface area contributed by atoms with Gasteiger partial charge in [-0.25, -0.2) is 0 Å². The van der Waals surface area contributed by atoms with Crippen molar-refractivity contribution in [1.29, 1.82) is 0 Å². The summed E-state index contributed by atoms with van der Waals surface area (Å²) in [7, 11) is 0. The summed E-state index contributed by atoms with van der Waals surface area (Å²) in [5.41, 5.74) is 0. The zero-order chi connectivity index (χ0) is 12.5. The van der Waals surface area contributed by atoms with E-state index in [1.807, 2.05) is 0 Å². The Bertz CT molecular complexity index is 269. The Morgan fingerprint density at radius 2 is 1.67 bits per heavy atom. The number of likely N-dealkylation sites (tertiary alicyclic amines) is 1. The van der Waals surface area contributed by atoms with Gasteiger partial charge in [0.25, 0.3) is 0 Å². The summed E-state index contributed by atoms with van der Waals surface area (Å²) < 4.78 is 0. The van der Waals surface area contributed by atoms with Crippen LogP contribution in [0.25, 0.3) is 0 Å². The lowest BCUT2D eigenvalue weighted by Crippen LogP contribution is -2.65. The third-order valence-electron chi connectivity index (χ3n) is 5.41. The summed E-state index contributed by atoms with van der Waals surface area (Å²) in [6.07, 6.45) is 4.33. The van der Waals surface area contributed by atoms with E-state index in [9.17, 15) is 0 Å². The van der Waals surface area contributed by atoms with Crippen LogP contribution in [0.3, 0.4) is 0 Å². The maximum Gasteiger partial charge on any atom is 0.0351 e. The highest BCUT2D eigenvalue weighted by Gasteiger charge is 2.39. The van der Waals surface area contributed by atoms with Crippen molar-refractivity contribution in [2.75, 3.05) is 39.3 Å². The van der Waals surface area contributed by atoms with Crippen molar-refractivity contribution in [3.63, 3.8) is 0 Å². The molecule has 2 saturated heterocycles. The SMILES string of the molecule is CC1CCC(N2CC(N3CCNCC3)C2)C(C)C1. The Labute approximate surface area is 112 Å². The quantitative estimate of drug-likeness (QED) is 0.800. The van der Waals surface area contributed by atoms with Crippen molar-refractivity contribution in [3.8, 4) is 0 Å². The number of hydrogen-bond acceptors (Lipinski definition) is 3. The standard InChI is InChI=1S/C15H29N3/c1-12-3-4-15(13(2)9-12)18-10-14(11-18)17-7-5-16-6-8-17/h12-16H,3-11H2,1-2H3. The molecule has 3 nitrogen and oxygen atoms in total. The van der Waals surface area contributed by atoms with Crippen molar-refractivity contribution in [2.45, 2.75) is 45.2 Å². The fourth-order valence-electron chi connectivity index (χ4n) is 4.23. The van der Waals surface area contributed by atoms with Gasteiger partial charge in [-0.05, 0) is 31.1 Å². The summed E-state index contributed by atoms with van der Waals surface area (Å²) in [6.45, 7) is 12.5. The van der Waals surface area contributed by atoms with Gasteiger partial charge in [-0.15, -0.1) is 0 Å². The fraction of sp³-hybridized carbons (Fsp3) is 1.00. The maximum atomic E-state index is 3.45. The lowest BCUT2D eigenvalue weighted by molar-refractivity contribution is -0.0300. The van der Waals surface area contributed by atoms with Crippen LogP contribution >= 0.6 is 0 Å². The maximum absolute atomic E-state index is 3.45. The average molecular weight is 251 g/mol. The van der Waals surface area contributed by atoms with E-state index in [0.717, 1.165) is 23.9 Å². The van der Waals surface area contributed by atoms with Gasteiger partial charge in [-0.2, -0.15) is 0 Å². The molecule has 0 spiro atoms. The molecule has 104 valence electrons. The van der Waals surface area contributed by atoms with Gasteiger partial charge in [0.15, 0.2) is 0 Å². The van der Waals surface area contributed by atoms with Gasteiger partial charge in [0.1, 0.15) is 0 Å². The highest BCUT2D eigenvalue weighted by atomic mass is 15.3. The second-order valence-electron chi connectivity index (χ2n) is 6.86. The van der Waals surface area contributed by atoms with Gasteiger partial charge in [-0.3, -0.25) is 9.80 Å². The number of rotatable bonds is 2. The normalized spacial score (nSPS) is 40.7. The molecule has 2 aliphatic heterocycles. The van der Waals surface area contributed by atoms with Gasteiger partial charge in [0.05, 0.1) is 0 Å². The van der Waals surface area contributed by atoms with Crippen molar-refractivity contribution in [2.24, 2.45) is 11.8 Å². The minimum Gasteiger partial charge on any atom is -0.314 e. The van der Waals surface area contributed by atoms with Crippen LogP contribution < -0.4 is 5.32 Å². The molecule has 3 rings (SSSR count). The van der Waals surface area contributed by atoms with Crippen LogP contribution in [0.2, 0.25) is 0 Å². The van der Waals surface area contributed by atoms with E-state index in [4.69, 9.17) is 0 Å². The second kappa shape index (κ2) is 5.48. The van der Waals surface area contributed by atoms with Crippen LogP contribution in [0.5, 0.6) is 0 Å². The number of piperazine rings is 1. The van der Waals surface area contributed by atoms with E-state index in [1.165, 1.54) is 58.5 Å². The summed E-state index contributed by atoms with van der Waals surface area (Å²) in [4.78, 5) is 5.46. The second-order valence-corrected chi connectivity index (χ2v) is 6.86. The molecule has 0 aromatic heterocycles. The molecule has 2 heterocycles. The van der Waals surface area contributed by atoms with E-state index in [-0.39, 0.29) is 0 Å². The molecule has 18 heavy (non-hydrogen) atoms. The van der Waals surface area contributed by atoms with Gasteiger partial charge >= 0.3 is 0 Å². The predicted octanol–water partition coefficient (Wildman–Crippen LogP) is 1.40. The molecule has 3 atom stereocenters. The zero-order valence-corrected chi connectivity index (χ0v) is 12.1. The molecule has 0 radical (unpaired) electrons. The van der Waals surface area contributed by atoms with Crippen LogP contribution in [0.4, 0.5) is 0 Å². The first-order valence-electron chi connectivity index (χ1n) is 7.93. The van der Waals surface area contributed by atoms with Crippen LogP contribution in [-0.2, 0) is 0 Å². The van der Waals surface area contributed by atoms with Crippen LogP contribution in [0.1, 0.15) is 33.1 Å². The minimum absolute atomic E-state index is 0.860. The van der Waals surface area contributed by atoms with Crippen LogP contribution in [0, 0.1) is 11.8 Å². The van der Waals surface area contributed by atoms with E-state index in [1.54, 1.807) is 0 Å². The van der Waals surface area contributed by atoms with Crippen LogP contribution in [0.15, 0.2) is 0 Å². The summed E-state index contributed by atoms with van der Waals surface area (Å²) >= 11 is 0. The highest BCUT2D eigenvalue weighted by molar-refractivity contribution is 4.95.